The van der Waals surface area contributed by atoms with Crippen LogP contribution in [0.5, 0.6) is 0 Å². The molecule has 0 radical (unpaired) electrons. The Morgan fingerprint density at radius 1 is 1.26 bits per heavy atom. The van der Waals surface area contributed by atoms with Crippen LogP contribution in [-0.4, -0.2) is 16.6 Å². The van der Waals surface area contributed by atoms with Gasteiger partial charge in [0.05, 0.1) is 6.10 Å². The molecule has 0 fully saturated rings. The van der Waals surface area contributed by atoms with Crippen LogP contribution in [0.25, 0.3) is 0 Å². The Morgan fingerprint density at radius 3 is 2.63 bits per heavy atom. The number of rotatable bonds is 4. The third-order valence-corrected chi connectivity index (χ3v) is 3.49. The zero-order chi connectivity index (χ0) is 13.8. The Labute approximate surface area is 114 Å². The largest absolute Gasteiger partial charge is 0.388 e. The molecule has 100 valence electrons. The van der Waals surface area contributed by atoms with E-state index in [9.17, 15) is 5.11 Å². The first-order chi connectivity index (χ1) is 9.13. The summed E-state index contributed by atoms with van der Waals surface area (Å²) in [6.45, 7) is 4.45. The second-order valence-corrected chi connectivity index (χ2v) is 4.93. The predicted molar refractivity (Wildman–Crippen MR) is 76.9 cm³/mol. The number of benzene rings is 1. The van der Waals surface area contributed by atoms with Crippen LogP contribution in [0.2, 0.25) is 0 Å². The van der Waals surface area contributed by atoms with Gasteiger partial charge in [0.15, 0.2) is 0 Å². The first-order valence-corrected chi connectivity index (χ1v) is 6.48. The first-order valence-electron chi connectivity index (χ1n) is 6.48. The minimum absolute atomic E-state index is 0.130. The van der Waals surface area contributed by atoms with Gasteiger partial charge in [-0.15, -0.1) is 0 Å². The van der Waals surface area contributed by atoms with Crippen molar-refractivity contribution in [2.45, 2.75) is 25.9 Å². The smallest absolute Gasteiger partial charge is 0.0873 e. The minimum Gasteiger partial charge on any atom is -0.388 e. The van der Waals surface area contributed by atoms with Crippen LogP contribution in [0.1, 0.15) is 34.3 Å². The number of aromatic nitrogens is 1. The lowest BCUT2D eigenvalue weighted by molar-refractivity contribution is 0.146. The summed E-state index contributed by atoms with van der Waals surface area (Å²) >= 11 is 0. The number of pyridine rings is 1. The molecule has 0 saturated carbocycles. The van der Waals surface area contributed by atoms with E-state index in [4.69, 9.17) is 5.73 Å². The fourth-order valence-electron chi connectivity index (χ4n) is 2.42. The molecule has 0 aliphatic heterocycles. The lowest BCUT2D eigenvalue weighted by atomic mass is 9.88. The second kappa shape index (κ2) is 5.95. The molecule has 0 bridgehead atoms. The minimum atomic E-state index is -0.602. The third-order valence-electron chi connectivity index (χ3n) is 3.49. The Hall–Kier alpha value is -1.71. The summed E-state index contributed by atoms with van der Waals surface area (Å²) in [5, 5.41) is 10.6. The quantitative estimate of drug-likeness (QED) is 0.883. The normalized spacial score (nSPS) is 14.1. The number of hydrogen-bond donors (Lipinski definition) is 2. The number of hydrogen-bond acceptors (Lipinski definition) is 3. The van der Waals surface area contributed by atoms with Crippen molar-refractivity contribution in [3.63, 3.8) is 0 Å². The van der Waals surface area contributed by atoms with Crippen molar-refractivity contribution < 1.29 is 5.11 Å². The Bertz CT molecular complexity index is 540. The van der Waals surface area contributed by atoms with Crippen molar-refractivity contribution in [2.75, 3.05) is 6.54 Å². The Morgan fingerprint density at radius 2 is 2.05 bits per heavy atom. The Balaban J connectivity index is 2.33. The molecule has 2 rings (SSSR count). The van der Waals surface area contributed by atoms with Crippen LogP contribution < -0.4 is 5.73 Å². The molecule has 1 aromatic carbocycles. The number of aliphatic hydroxyl groups excluding tert-OH is 1. The van der Waals surface area contributed by atoms with E-state index in [0.717, 1.165) is 16.7 Å². The summed E-state index contributed by atoms with van der Waals surface area (Å²) in [6, 6.07) is 9.90. The van der Waals surface area contributed by atoms with Crippen LogP contribution in [0.3, 0.4) is 0 Å². The van der Waals surface area contributed by atoms with Gasteiger partial charge in [0, 0.05) is 24.9 Å². The molecular formula is C16H20N2O. The molecular weight excluding hydrogens is 236 g/mol. The average Bonchev–Trinajstić information content (AvgIpc) is 2.40. The van der Waals surface area contributed by atoms with E-state index in [1.165, 1.54) is 5.56 Å². The zero-order valence-corrected chi connectivity index (χ0v) is 11.4. The van der Waals surface area contributed by atoms with Gasteiger partial charge in [0.1, 0.15) is 0 Å². The van der Waals surface area contributed by atoms with Crippen molar-refractivity contribution in [1.29, 1.82) is 0 Å². The van der Waals surface area contributed by atoms with Gasteiger partial charge in [0.2, 0.25) is 0 Å². The standard InChI is InChI=1S/C16H20N2O/c1-11-5-6-14(12(2)8-11)16(19)15(9-17)13-4-3-7-18-10-13/h3-8,10,15-16,19H,9,17H2,1-2H3. The SMILES string of the molecule is Cc1ccc(C(O)C(CN)c2cccnc2)c(C)c1. The van der Waals surface area contributed by atoms with Gasteiger partial charge in [0.25, 0.3) is 0 Å². The van der Waals surface area contributed by atoms with Crippen molar-refractivity contribution in [3.05, 3.63) is 65.0 Å². The topological polar surface area (TPSA) is 59.1 Å². The summed E-state index contributed by atoms with van der Waals surface area (Å²) in [4.78, 5) is 4.10. The van der Waals surface area contributed by atoms with E-state index >= 15 is 0 Å². The molecule has 0 saturated heterocycles. The molecule has 2 aromatic rings. The third kappa shape index (κ3) is 3.00. The maximum atomic E-state index is 10.6. The fourth-order valence-corrected chi connectivity index (χ4v) is 2.42. The van der Waals surface area contributed by atoms with E-state index in [2.05, 4.69) is 11.1 Å². The molecule has 3 heteroatoms. The molecule has 0 aliphatic rings. The van der Waals surface area contributed by atoms with Crippen molar-refractivity contribution in [1.82, 2.24) is 4.98 Å². The van der Waals surface area contributed by atoms with Gasteiger partial charge in [-0.3, -0.25) is 4.98 Å². The predicted octanol–water partition coefficient (Wildman–Crippen LogP) is 2.47. The highest BCUT2D eigenvalue weighted by Crippen LogP contribution is 2.31. The highest BCUT2D eigenvalue weighted by atomic mass is 16.3. The van der Waals surface area contributed by atoms with Crippen LogP contribution in [0.15, 0.2) is 42.7 Å². The van der Waals surface area contributed by atoms with Gasteiger partial charge in [-0.25, -0.2) is 0 Å². The van der Waals surface area contributed by atoms with E-state index in [1.807, 2.05) is 38.1 Å². The summed E-state index contributed by atoms with van der Waals surface area (Å²) in [5.41, 5.74) is 10.0. The number of nitrogens with zero attached hydrogens (tertiary/aromatic N) is 1. The second-order valence-electron chi connectivity index (χ2n) is 4.93. The maximum absolute atomic E-state index is 10.6. The molecule has 19 heavy (non-hydrogen) atoms. The van der Waals surface area contributed by atoms with Crippen molar-refractivity contribution in [3.8, 4) is 0 Å². The summed E-state index contributed by atoms with van der Waals surface area (Å²) < 4.78 is 0. The summed E-state index contributed by atoms with van der Waals surface area (Å²) in [6.07, 6.45) is 2.89. The van der Waals surface area contributed by atoms with Gasteiger partial charge < -0.3 is 10.8 Å². The molecule has 0 amide bonds. The highest BCUT2D eigenvalue weighted by molar-refractivity contribution is 5.34. The van der Waals surface area contributed by atoms with Gasteiger partial charge in [-0.1, -0.05) is 29.8 Å². The van der Waals surface area contributed by atoms with Crippen molar-refractivity contribution in [2.24, 2.45) is 5.73 Å². The molecule has 1 heterocycles. The highest BCUT2D eigenvalue weighted by Gasteiger charge is 2.22. The van der Waals surface area contributed by atoms with E-state index in [0.29, 0.717) is 6.54 Å². The van der Waals surface area contributed by atoms with Gasteiger partial charge in [-0.2, -0.15) is 0 Å². The summed E-state index contributed by atoms with van der Waals surface area (Å²) in [5.74, 6) is -0.130. The monoisotopic (exact) mass is 256 g/mol. The number of nitrogens with two attached hydrogens (primary N) is 1. The molecule has 2 unspecified atom stereocenters. The van der Waals surface area contributed by atoms with Crippen molar-refractivity contribution >= 4 is 0 Å². The van der Waals surface area contributed by atoms with E-state index < -0.39 is 6.10 Å². The van der Waals surface area contributed by atoms with Crippen LogP contribution >= 0.6 is 0 Å². The Kier molecular flexibility index (Phi) is 4.30. The molecule has 0 spiro atoms. The zero-order valence-electron chi connectivity index (χ0n) is 11.4. The lowest BCUT2D eigenvalue weighted by Gasteiger charge is -2.23. The van der Waals surface area contributed by atoms with Gasteiger partial charge >= 0.3 is 0 Å². The number of aliphatic hydroxyl groups is 1. The lowest BCUT2D eigenvalue weighted by Crippen LogP contribution is -2.21. The van der Waals surface area contributed by atoms with Gasteiger partial charge in [-0.05, 0) is 36.6 Å². The fraction of sp³-hybridized carbons (Fsp3) is 0.312. The summed E-state index contributed by atoms with van der Waals surface area (Å²) in [7, 11) is 0. The first kappa shape index (κ1) is 13.7. The van der Waals surface area contributed by atoms with Crippen LogP contribution in [0, 0.1) is 13.8 Å². The maximum Gasteiger partial charge on any atom is 0.0873 e. The molecule has 3 N–H and O–H groups in total. The molecule has 2 atom stereocenters. The van der Waals surface area contributed by atoms with E-state index in [1.54, 1.807) is 12.4 Å². The number of aryl methyl sites for hydroxylation is 2. The van der Waals surface area contributed by atoms with Crippen LogP contribution in [0.4, 0.5) is 0 Å². The molecule has 3 nitrogen and oxygen atoms in total. The van der Waals surface area contributed by atoms with E-state index in [-0.39, 0.29) is 5.92 Å². The molecule has 1 aromatic heterocycles. The van der Waals surface area contributed by atoms with Crippen LogP contribution in [-0.2, 0) is 0 Å². The average molecular weight is 256 g/mol. The molecule has 0 aliphatic carbocycles.